The van der Waals surface area contributed by atoms with Crippen molar-refractivity contribution >= 4 is 17.8 Å². The molecule has 0 radical (unpaired) electrons. The number of carbonyl (C=O) groups excluding carboxylic acids is 2. The van der Waals surface area contributed by atoms with E-state index in [1.54, 1.807) is 0 Å². The Bertz CT molecular complexity index is 580. The van der Waals surface area contributed by atoms with Crippen molar-refractivity contribution in [3.63, 3.8) is 0 Å². The van der Waals surface area contributed by atoms with Crippen LogP contribution in [0.1, 0.15) is 50.9 Å². The van der Waals surface area contributed by atoms with E-state index in [-0.39, 0.29) is 24.3 Å². The first-order chi connectivity index (χ1) is 11.2. The second-order valence-corrected chi connectivity index (χ2v) is 6.05. The van der Waals surface area contributed by atoms with Crippen LogP contribution in [0.2, 0.25) is 0 Å². The Labute approximate surface area is 135 Å². The fraction of sp³-hybridized carbons (Fsp3) is 0.733. The van der Waals surface area contributed by atoms with Gasteiger partial charge in [-0.2, -0.15) is 10.1 Å². The highest BCUT2D eigenvalue weighted by Gasteiger charge is 2.33. The van der Waals surface area contributed by atoms with Gasteiger partial charge in [0.15, 0.2) is 5.82 Å². The van der Waals surface area contributed by atoms with Crippen molar-refractivity contribution in [3.05, 3.63) is 5.82 Å². The standard InChI is InChI=1S/C15H23N5O3/c1-2-3-6-12-17-15-18-13(21)8-11(20(15)19-12)14(22)16-9-10-5-4-7-23-10/h10-11H,2-9H2,1H3,(H,16,22)(H,17,18,19,21)/t10-,11-/m1/s1. The lowest BCUT2D eigenvalue weighted by molar-refractivity contribution is -0.129. The second-order valence-electron chi connectivity index (χ2n) is 6.05. The zero-order valence-electron chi connectivity index (χ0n) is 13.4. The molecule has 0 unspecified atom stereocenters. The van der Waals surface area contributed by atoms with Crippen LogP contribution < -0.4 is 10.6 Å². The molecule has 3 heterocycles. The highest BCUT2D eigenvalue weighted by atomic mass is 16.5. The van der Waals surface area contributed by atoms with E-state index in [0.717, 1.165) is 38.7 Å². The van der Waals surface area contributed by atoms with Gasteiger partial charge in [0.05, 0.1) is 12.5 Å². The van der Waals surface area contributed by atoms with Gasteiger partial charge < -0.3 is 10.1 Å². The lowest BCUT2D eigenvalue weighted by Crippen LogP contribution is -2.41. The number of rotatable bonds is 6. The van der Waals surface area contributed by atoms with E-state index in [9.17, 15) is 9.59 Å². The van der Waals surface area contributed by atoms with Gasteiger partial charge in [0.2, 0.25) is 17.8 Å². The number of amides is 2. The van der Waals surface area contributed by atoms with E-state index in [2.05, 4.69) is 27.6 Å². The van der Waals surface area contributed by atoms with Crippen LogP contribution >= 0.6 is 0 Å². The molecule has 2 aliphatic rings. The lowest BCUT2D eigenvalue weighted by Gasteiger charge is -2.23. The fourth-order valence-corrected chi connectivity index (χ4v) is 2.89. The summed E-state index contributed by atoms with van der Waals surface area (Å²) < 4.78 is 7.04. The molecule has 2 aliphatic heterocycles. The number of nitrogens with one attached hydrogen (secondary N) is 2. The maximum Gasteiger partial charge on any atom is 0.245 e. The minimum absolute atomic E-state index is 0.0756. The van der Waals surface area contributed by atoms with E-state index in [1.165, 1.54) is 4.68 Å². The van der Waals surface area contributed by atoms with Gasteiger partial charge in [0.1, 0.15) is 6.04 Å². The minimum atomic E-state index is -0.636. The third-order valence-corrected chi connectivity index (χ3v) is 4.18. The summed E-state index contributed by atoms with van der Waals surface area (Å²) in [5.74, 6) is 0.623. The molecule has 0 aromatic carbocycles. The van der Waals surface area contributed by atoms with Gasteiger partial charge in [-0.15, -0.1) is 0 Å². The molecule has 0 aliphatic carbocycles. The first-order valence-electron chi connectivity index (χ1n) is 8.32. The first kappa shape index (κ1) is 15.9. The normalized spacial score (nSPS) is 23.4. The largest absolute Gasteiger partial charge is 0.376 e. The van der Waals surface area contributed by atoms with Crippen molar-refractivity contribution in [1.82, 2.24) is 20.1 Å². The Morgan fingerprint density at radius 1 is 1.52 bits per heavy atom. The first-order valence-corrected chi connectivity index (χ1v) is 8.32. The number of aromatic nitrogens is 3. The van der Waals surface area contributed by atoms with E-state index < -0.39 is 6.04 Å². The van der Waals surface area contributed by atoms with Gasteiger partial charge in [-0.1, -0.05) is 13.3 Å². The molecular formula is C15H23N5O3. The molecule has 2 atom stereocenters. The van der Waals surface area contributed by atoms with Gasteiger partial charge in [0.25, 0.3) is 0 Å². The highest BCUT2D eigenvalue weighted by molar-refractivity contribution is 5.96. The number of carbonyl (C=O) groups is 2. The van der Waals surface area contributed by atoms with Crippen molar-refractivity contribution in [3.8, 4) is 0 Å². The average molecular weight is 321 g/mol. The summed E-state index contributed by atoms with van der Waals surface area (Å²) in [7, 11) is 0. The zero-order chi connectivity index (χ0) is 16.2. The molecule has 0 spiro atoms. The lowest BCUT2D eigenvalue weighted by atomic mass is 10.1. The molecule has 1 aromatic rings. The van der Waals surface area contributed by atoms with Gasteiger partial charge in [0, 0.05) is 19.6 Å². The van der Waals surface area contributed by atoms with Crippen molar-refractivity contribution in [2.24, 2.45) is 0 Å². The van der Waals surface area contributed by atoms with Crippen LogP contribution in [0, 0.1) is 0 Å². The number of aryl methyl sites for hydroxylation is 1. The monoisotopic (exact) mass is 321 g/mol. The average Bonchev–Trinajstić information content (AvgIpc) is 3.18. The maximum atomic E-state index is 12.5. The Balaban J connectivity index is 1.68. The summed E-state index contributed by atoms with van der Waals surface area (Å²) in [5, 5.41) is 9.96. The van der Waals surface area contributed by atoms with Crippen LogP contribution in [-0.4, -0.2) is 45.8 Å². The van der Waals surface area contributed by atoms with Crippen LogP contribution in [-0.2, 0) is 20.7 Å². The van der Waals surface area contributed by atoms with Gasteiger partial charge in [-0.3, -0.25) is 14.9 Å². The van der Waals surface area contributed by atoms with Gasteiger partial charge >= 0.3 is 0 Å². The molecule has 3 rings (SSSR count). The molecule has 2 N–H and O–H groups in total. The molecular weight excluding hydrogens is 298 g/mol. The van der Waals surface area contributed by atoms with E-state index >= 15 is 0 Å². The summed E-state index contributed by atoms with van der Waals surface area (Å²) in [4.78, 5) is 28.6. The van der Waals surface area contributed by atoms with Crippen molar-refractivity contribution in [2.45, 2.75) is 57.6 Å². The molecule has 126 valence electrons. The van der Waals surface area contributed by atoms with Crippen LogP contribution in [0.3, 0.4) is 0 Å². The topological polar surface area (TPSA) is 98.1 Å². The summed E-state index contributed by atoms with van der Waals surface area (Å²) in [6.45, 7) is 3.32. The molecule has 8 nitrogen and oxygen atoms in total. The Morgan fingerprint density at radius 2 is 2.39 bits per heavy atom. The van der Waals surface area contributed by atoms with Crippen molar-refractivity contribution in [2.75, 3.05) is 18.5 Å². The number of fused-ring (bicyclic) bond motifs is 1. The number of ether oxygens (including phenoxy) is 1. The maximum absolute atomic E-state index is 12.5. The minimum Gasteiger partial charge on any atom is -0.376 e. The number of anilines is 1. The smallest absolute Gasteiger partial charge is 0.245 e. The molecule has 1 fully saturated rings. The summed E-state index contributed by atoms with van der Waals surface area (Å²) in [5.41, 5.74) is 0. The van der Waals surface area contributed by atoms with Crippen molar-refractivity contribution < 1.29 is 14.3 Å². The van der Waals surface area contributed by atoms with E-state index in [0.29, 0.717) is 18.3 Å². The van der Waals surface area contributed by atoms with Gasteiger partial charge in [-0.05, 0) is 19.3 Å². The second kappa shape index (κ2) is 7.08. The molecule has 0 saturated carbocycles. The Kier molecular flexibility index (Phi) is 4.90. The third-order valence-electron chi connectivity index (χ3n) is 4.18. The number of unbranched alkanes of at least 4 members (excludes halogenated alkanes) is 1. The quantitative estimate of drug-likeness (QED) is 0.807. The molecule has 0 bridgehead atoms. The highest BCUT2D eigenvalue weighted by Crippen LogP contribution is 2.23. The third kappa shape index (κ3) is 3.69. The van der Waals surface area contributed by atoms with Gasteiger partial charge in [-0.25, -0.2) is 4.68 Å². The van der Waals surface area contributed by atoms with Crippen LogP contribution in [0.25, 0.3) is 0 Å². The molecule has 1 saturated heterocycles. The fourth-order valence-electron chi connectivity index (χ4n) is 2.89. The summed E-state index contributed by atoms with van der Waals surface area (Å²) in [6, 6.07) is -0.636. The van der Waals surface area contributed by atoms with E-state index in [1.807, 2.05) is 0 Å². The summed E-state index contributed by atoms with van der Waals surface area (Å²) in [6.07, 6.45) is 4.92. The predicted octanol–water partition coefficient (Wildman–Crippen LogP) is 0.799. The van der Waals surface area contributed by atoms with Crippen LogP contribution in [0.5, 0.6) is 0 Å². The van der Waals surface area contributed by atoms with Crippen molar-refractivity contribution in [1.29, 1.82) is 0 Å². The number of hydrogen-bond acceptors (Lipinski definition) is 5. The zero-order valence-corrected chi connectivity index (χ0v) is 13.4. The number of hydrogen-bond donors (Lipinski definition) is 2. The summed E-state index contributed by atoms with van der Waals surface area (Å²) >= 11 is 0. The Hall–Kier alpha value is -1.96. The molecule has 2 amide bonds. The molecule has 8 heteroatoms. The Morgan fingerprint density at radius 3 is 3.13 bits per heavy atom. The number of nitrogens with zero attached hydrogens (tertiary/aromatic N) is 3. The molecule has 23 heavy (non-hydrogen) atoms. The molecule has 1 aromatic heterocycles. The predicted molar refractivity (Wildman–Crippen MR) is 82.9 cm³/mol. The van der Waals surface area contributed by atoms with Crippen LogP contribution in [0.15, 0.2) is 0 Å². The van der Waals surface area contributed by atoms with Crippen LogP contribution in [0.4, 0.5) is 5.95 Å². The van der Waals surface area contributed by atoms with E-state index in [4.69, 9.17) is 4.74 Å². The SMILES string of the molecule is CCCCc1nc2n(n1)[C@@H](C(=O)NC[C@H]1CCCO1)CC(=O)N2.